The Kier molecular flexibility index (Phi) is 5.83. The number of nitro groups is 1. The fourth-order valence-corrected chi connectivity index (χ4v) is 4.07. The summed E-state index contributed by atoms with van der Waals surface area (Å²) in [6, 6.07) is 10.1. The van der Waals surface area contributed by atoms with Crippen molar-refractivity contribution < 1.29 is 13.3 Å². The van der Waals surface area contributed by atoms with E-state index in [-0.39, 0.29) is 16.3 Å². The molecule has 3 rings (SSSR count). The van der Waals surface area contributed by atoms with Crippen molar-refractivity contribution in [3.8, 4) is 0 Å². The first-order chi connectivity index (χ1) is 12.9. The topological polar surface area (TPSA) is 105 Å². The number of nitro benzene ring substituents is 1. The lowest BCUT2D eigenvalue weighted by atomic mass is 10.2. The average Bonchev–Trinajstić information content (AvgIpc) is 2.91. The summed E-state index contributed by atoms with van der Waals surface area (Å²) in [6.45, 7) is 3.22. The monoisotopic (exact) mass is 410 g/mol. The van der Waals surface area contributed by atoms with Crippen LogP contribution in [0.3, 0.4) is 0 Å². The third-order valence-electron chi connectivity index (χ3n) is 4.25. The van der Waals surface area contributed by atoms with E-state index < -0.39 is 14.9 Å². The van der Waals surface area contributed by atoms with Gasteiger partial charge < -0.3 is 10.2 Å². The molecule has 0 spiro atoms. The average molecular weight is 411 g/mol. The summed E-state index contributed by atoms with van der Waals surface area (Å²) in [6.07, 6.45) is 0.933. The molecule has 0 bridgehead atoms. The summed E-state index contributed by atoms with van der Waals surface area (Å²) < 4.78 is 27.6. The molecule has 2 N–H and O–H groups in total. The zero-order valence-electron chi connectivity index (χ0n) is 14.4. The number of nitrogens with zero attached hydrogens (tertiary/aromatic N) is 2. The van der Waals surface area contributed by atoms with Crippen molar-refractivity contribution in [2.24, 2.45) is 0 Å². The quantitative estimate of drug-likeness (QED) is 0.580. The first-order valence-electron chi connectivity index (χ1n) is 8.39. The van der Waals surface area contributed by atoms with E-state index in [4.69, 9.17) is 11.6 Å². The third kappa shape index (κ3) is 4.68. The van der Waals surface area contributed by atoms with Crippen molar-refractivity contribution in [2.75, 3.05) is 35.8 Å². The molecule has 0 aliphatic carbocycles. The van der Waals surface area contributed by atoms with E-state index in [0.717, 1.165) is 38.3 Å². The van der Waals surface area contributed by atoms with E-state index in [0.29, 0.717) is 5.02 Å². The van der Waals surface area contributed by atoms with Gasteiger partial charge in [-0.25, -0.2) is 8.42 Å². The molecule has 0 unspecified atom stereocenters. The molecule has 1 aliphatic heterocycles. The molecule has 2 aromatic carbocycles. The molecule has 0 atom stereocenters. The third-order valence-corrected chi connectivity index (χ3v) is 5.88. The SMILES string of the molecule is O=[N+]([O-])c1ccc(N2CCCNCC2)cc1NS(=O)(=O)c1ccc(Cl)cc1. The predicted molar refractivity (Wildman–Crippen MR) is 105 cm³/mol. The summed E-state index contributed by atoms with van der Waals surface area (Å²) in [5.41, 5.74) is 0.368. The van der Waals surface area contributed by atoms with Gasteiger partial charge >= 0.3 is 0 Å². The van der Waals surface area contributed by atoms with Crippen molar-refractivity contribution in [1.82, 2.24) is 5.32 Å². The number of rotatable bonds is 5. The fourth-order valence-electron chi connectivity index (χ4n) is 2.88. The maximum atomic E-state index is 12.6. The first-order valence-corrected chi connectivity index (χ1v) is 10.3. The molecule has 144 valence electrons. The van der Waals surface area contributed by atoms with Crippen LogP contribution < -0.4 is 14.9 Å². The molecule has 0 radical (unpaired) electrons. The molecular formula is C17H19ClN4O4S. The van der Waals surface area contributed by atoms with Crippen LogP contribution in [0.4, 0.5) is 17.1 Å². The number of hydrogen-bond acceptors (Lipinski definition) is 6. The van der Waals surface area contributed by atoms with E-state index in [1.165, 1.54) is 36.4 Å². The van der Waals surface area contributed by atoms with Crippen molar-refractivity contribution in [2.45, 2.75) is 11.3 Å². The van der Waals surface area contributed by atoms with Gasteiger partial charge in [0.25, 0.3) is 15.7 Å². The molecule has 1 heterocycles. The van der Waals surface area contributed by atoms with E-state index in [1.54, 1.807) is 6.07 Å². The number of anilines is 2. The molecular weight excluding hydrogens is 392 g/mol. The summed E-state index contributed by atoms with van der Waals surface area (Å²) in [5.74, 6) is 0. The number of benzene rings is 2. The Morgan fingerprint density at radius 3 is 2.56 bits per heavy atom. The van der Waals surface area contributed by atoms with Gasteiger partial charge in [-0.2, -0.15) is 0 Å². The highest BCUT2D eigenvalue weighted by Crippen LogP contribution is 2.31. The van der Waals surface area contributed by atoms with Crippen molar-refractivity contribution >= 4 is 38.7 Å². The van der Waals surface area contributed by atoms with Gasteiger partial charge in [0.05, 0.1) is 9.82 Å². The van der Waals surface area contributed by atoms with Crippen LogP contribution in [0.1, 0.15) is 6.42 Å². The zero-order chi connectivity index (χ0) is 19.4. The minimum atomic E-state index is -3.98. The fraction of sp³-hybridized carbons (Fsp3) is 0.294. The minimum absolute atomic E-state index is 0.0226. The normalized spacial score (nSPS) is 15.2. The number of hydrogen-bond donors (Lipinski definition) is 2. The highest BCUT2D eigenvalue weighted by atomic mass is 35.5. The molecule has 1 aliphatic rings. The van der Waals surface area contributed by atoms with Crippen LogP contribution >= 0.6 is 11.6 Å². The maximum Gasteiger partial charge on any atom is 0.293 e. The van der Waals surface area contributed by atoms with Crippen LogP contribution in [-0.4, -0.2) is 39.5 Å². The number of halogens is 1. The van der Waals surface area contributed by atoms with Gasteiger partial charge in [0.15, 0.2) is 0 Å². The Labute approximate surface area is 162 Å². The second kappa shape index (κ2) is 8.12. The molecule has 27 heavy (non-hydrogen) atoms. The molecule has 8 nitrogen and oxygen atoms in total. The molecule has 1 saturated heterocycles. The summed E-state index contributed by atoms with van der Waals surface area (Å²) >= 11 is 5.79. The Morgan fingerprint density at radius 1 is 1.11 bits per heavy atom. The molecule has 0 aromatic heterocycles. The van der Waals surface area contributed by atoms with Crippen molar-refractivity contribution in [1.29, 1.82) is 0 Å². The van der Waals surface area contributed by atoms with E-state index >= 15 is 0 Å². The van der Waals surface area contributed by atoms with Crippen LogP contribution in [0.15, 0.2) is 47.4 Å². The second-order valence-electron chi connectivity index (χ2n) is 6.11. The van der Waals surface area contributed by atoms with Gasteiger partial charge in [0.2, 0.25) is 0 Å². The lowest BCUT2D eigenvalue weighted by Gasteiger charge is -2.23. The highest BCUT2D eigenvalue weighted by Gasteiger charge is 2.22. The van der Waals surface area contributed by atoms with Gasteiger partial charge in [0.1, 0.15) is 5.69 Å². The molecule has 0 amide bonds. The van der Waals surface area contributed by atoms with E-state index in [2.05, 4.69) is 14.9 Å². The smallest absolute Gasteiger partial charge is 0.293 e. The summed E-state index contributed by atoms with van der Waals surface area (Å²) in [4.78, 5) is 12.8. The van der Waals surface area contributed by atoms with Crippen LogP contribution in [0, 0.1) is 10.1 Å². The maximum absolute atomic E-state index is 12.6. The molecule has 0 saturated carbocycles. The summed E-state index contributed by atoms with van der Waals surface area (Å²) in [7, 11) is -3.98. The molecule has 2 aromatic rings. The van der Waals surface area contributed by atoms with E-state index in [9.17, 15) is 18.5 Å². The Balaban J connectivity index is 1.95. The predicted octanol–water partition coefficient (Wildman–Crippen LogP) is 2.85. The standard InChI is InChI=1S/C17H19ClN4O4S/c18-13-2-5-15(6-3-13)27(25,26)20-16-12-14(4-7-17(16)22(23)24)21-10-1-8-19-9-11-21/h2-7,12,19-20H,1,8-11H2. The second-order valence-corrected chi connectivity index (χ2v) is 8.23. The van der Waals surface area contributed by atoms with Gasteiger partial charge in [-0.1, -0.05) is 11.6 Å². The van der Waals surface area contributed by atoms with Crippen molar-refractivity contribution in [3.63, 3.8) is 0 Å². The van der Waals surface area contributed by atoms with Crippen LogP contribution in [0.5, 0.6) is 0 Å². The Morgan fingerprint density at radius 2 is 1.85 bits per heavy atom. The lowest BCUT2D eigenvalue weighted by Crippen LogP contribution is -2.28. The van der Waals surface area contributed by atoms with Crippen LogP contribution in [-0.2, 0) is 10.0 Å². The van der Waals surface area contributed by atoms with Gasteiger partial charge in [-0.15, -0.1) is 0 Å². The van der Waals surface area contributed by atoms with E-state index in [1.807, 2.05) is 0 Å². The van der Waals surface area contributed by atoms with Gasteiger partial charge in [-0.05, 0) is 49.4 Å². The molecule has 1 fully saturated rings. The lowest BCUT2D eigenvalue weighted by molar-refractivity contribution is -0.383. The first kappa shape index (κ1) is 19.4. The summed E-state index contributed by atoms with van der Waals surface area (Å²) in [5, 5.41) is 15.0. The highest BCUT2D eigenvalue weighted by molar-refractivity contribution is 7.92. The largest absolute Gasteiger partial charge is 0.370 e. The minimum Gasteiger partial charge on any atom is -0.370 e. The molecule has 10 heteroatoms. The number of sulfonamides is 1. The number of nitrogens with one attached hydrogen (secondary N) is 2. The Hall–Kier alpha value is -2.36. The Bertz CT molecular complexity index is 926. The zero-order valence-corrected chi connectivity index (χ0v) is 16.0. The van der Waals surface area contributed by atoms with Crippen LogP contribution in [0.25, 0.3) is 0 Å². The van der Waals surface area contributed by atoms with Crippen LogP contribution in [0.2, 0.25) is 5.02 Å². The van der Waals surface area contributed by atoms with Gasteiger partial charge in [-0.3, -0.25) is 14.8 Å². The van der Waals surface area contributed by atoms with Crippen molar-refractivity contribution in [3.05, 3.63) is 57.6 Å². The van der Waals surface area contributed by atoms with Gasteiger partial charge in [0, 0.05) is 36.4 Å².